The first-order valence-corrected chi connectivity index (χ1v) is 6.78. The van der Waals surface area contributed by atoms with Crippen molar-refractivity contribution in [3.05, 3.63) is 38.3 Å². The van der Waals surface area contributed by atoms with E-state index in [2.05, 4.69) is 26.1 Å². The number of carbonyl (C=O) groups excluding carboxylic acids is 1. The lowest BCUT2D eigenvalue weighted by atomic mass is 10.2. The van der Waals surface area contributed by atoms with E-state index in [1.165, 1.54) is 6.07 Å². The zero-order valence-corrected chi connectivity index (χ0v) is 11.9. The fourth-order valence-corrected chi connectivity index (χ4v) is 2.58. The van der Waals surface area contributed by atoms with Gasteiger partial charge in [0.1, 0.15) is 0 Å². The van der Waals surface area contributed by atoms with Crippen molar-refractivity contribution in [2.45, 2.75) is 13.0 Å². The molecule has 19 heavy (non-hydrogen) atoms. The van der Waals surface area contributed by atoms with Gasteiger partial charge in [0.25, 0.3) is 5.69 Å². The van der Waals surface area contributed by atoms with Crippen molar-refractivity contribution in [1.29, 1.82) is 0 Å². The Bertz CT molecular complexity index is 507. The Morgan fingerprint density at radius 2 is 2.21 bits per heavy atom. The second-order valence-corrected chi connectivity index (χ2v) is 5.18. The van der Waals surface area contributed by atoms with Crippen molar-refractivity contribution in [1.82, 2.24) is 10.2 Å². The number of hydrogen-bond acceptors (Lipinski definition) is 4. The molecule has 6 nitrogen and oxygen atoms in total. The van der Waals surface area contributed by atoms with Crippen molar-refractivity contribution in [3.63, 3.8) is 0 Å². The zero-order chi connectivity index (χ0) is 13.8. The summed E-state index contributed by atoms with van der Waals surface area (Å²) in [5, 5.41) is 13.7. The van der Waals surface area contributed by atoms with E-state index in [9.17, 15) is 14.9 Å². The van der Waals surface area contributed by atoms with Gasteiger partial charge in [0.05, 0.1) is 9.40 Å². The van der Waals surface area contributed by atoms with Crippen molar-refractivity contribution in [2.24, 2.45) is 0 Å². The summed E-state index contributed by atoms with van der Waals surface area (Å²) in [6, 6.07) is 5.01. The first kappa shape index (κ1) is 14.0. The summed E-state index contributed by atoms with van der Waals surface area (Å²) in [5.74, 6) is 0.0561. The highest BCUT2D eigenvalue weighted by molar-refractivity contribution is 9.10. The van der Waals surface area contributed by atoms with Crippen LogP contribution in [-0.2, 0) is 11.3 Å². The summed E-state index contributed by atoms with van der Waals surface area (Å²) in [5.41, 5.74) is 0.935. The number of nitro groups is 1. The summed E-state index contributed by atoms with van der Waals surface area (Å²) in [6.07, 6.45) is 0.465. The predicted octanol–water partition coefficient (Wildman–Crippen LogP) is 1.68. The topological polar surface area (TPSA) is 75.5 Å². The van der Waals surface area contributed by atoms with Crippen LogP contribution in [0.25, 0.3) is 0 Å². The Morgan fingerprint density at radius 3 is 2.95 bits per heavy atom. The molecule has 1 aliphatic heterocycles. The Kier molecular flexibility index (Phi) is 4.49. The van der Waals surface area contributed by atoms with E-state index in [1.54, 1.807) is 6.07 Å². The molecule has 1 fully saturated rings. The molecule has 0 unspecified atom stereocenters. The third-order valence-corrected chi connectivity index (χ3v) is 3.97. The number of carbonyl (C=O) groups is 1. The molecule has 0 aliphatic carbocycles. The maximum Gasteiger partial charge on any atom is 0.283 e. The second kappa shape index (κ2) is 6.12. The van der Waals surface area contributed by atoms with Crippen LogP contribution in [0.15, 0.2) is 22.7 Å². The number of nitro benzene ring substituents is 1. The highest BCUT2D eigenvalue weighted by Crippen LogP contribution is 2.29. The largest absolute Gasteiger partial charge is 0.355 e. The number of nitrogens with one attached hydrogen (secondary N) is 1. The highest BCUT2D eigenvalue weighted by Gasteiger charge is 2.18. The SMILES string of the molecule is O=C1CCN(Cc2cccc([N+](=O)[O-])c2Br)CCN1. The third kappa shape index (κ3) is 3.51. The van der Waals surface area contributed by atoms with Crippen molar-refractivity contribution in [3.8, 4) is 0 Å². The molecule has 2 rings (SSSR count). The van der Waals surface area contributed by atoms with Gasteiger partial charge < -0.3 is 5.32 Å². The van der Waals surface area contributed by atoms with Gasteiger partial charge in [0.15, 0.2) is 0 Å². The van der Waals surface area contributed by atoms with Crippen LogP contribution in [0, 0.1) is 10.1 Å². The number of halogens is 1. The molecular formula is C12H14BrN3O3. The standard InChI is InChI=1S/C12H14BrN3O3/c13-12-9(2-1-3-10(12)16(18)19)8-15-6-4-11(17)14-5-7-15/h1-3H,4-8H2,(H,14,17). The lowest BCUT2D eigenvalue weighted by Gasteiger charge is -2.19. The predicted molar refractivity (Wildman–Crippen MR) is 73.7 cm³/mol. The molecule has 0 radical (unpaired) electrons. The molecule has 0 saturated carbocycles. The summed E-state index contributed by atoms with van der Waals surface area (Å²) in [7, 11) is 0. The number of amides is 1. The van der Waals surface area contributed by atoms with E-state index in [1.807, 2.05) is 6.07 Å². The molecular weight excluding hydrogens is 314 g/mol. The maximum absolute atomic E-state index is 11.3. The molecule has 0 spiro atoms. The molecule has 1 amide bonds. The smallest absolute Gasteiger partial charge is 0.283 e. The van der Waals surface area contributed by atoms with Gasteiger partial charge in [-0.05, 0) is 21.5 Å². The third-order valence-electron chi connectivity index (χ3n) is 3.05. The molecule has 1 N–H and O–H groups in total. The second-order valence-electron chi connectivity index (χ2n) is 4.38. The summed E-state index contributed by atoms with van der Waals surface area (Å²) in [6.45, 7) is 2.63. The lowest BCUT2D eigenvalue weighted by Crippen LogP contribution is -2.28. The van der Waals surface area contributed by atoms with Crippen LogP contribution in [0.4, 0.5) is 5.69 Å². The van der Waals surface area contributed by atoms with Gasteiger partial charge in [0.2, 0.25) is 5.91 Å². The van der Waals surface area contributed by atoms with Crippen LogP contribution in [0.3, 0.4) is 0 Å². The molecule has 0 aromatic heterocycles. The minimum atomic E-state index is -0.402. The highest BCUT2D eigenvalue weighted by atomic mass is 79.9. The van der Waals surface area contributed by atoms with E-state index in [4.69, 9.17) is 0 Å². The van der Waals surface area contributed by atoms with E-state index in [0.717, 1.165) is 12.1 Å². The zero-order valence-electron chi connectivity index (χ0n) is 10.3. The molecule has 1 aromatic carbocycles. The number of benzene rings is 1. The first-order valence-electron chi connectivity index (χ1n) is 5.99. The molecule has 7 heteroatoms. The fraction of sp³-hybridized carbons (Fsp3) is 0.417. The van der Waals surface area contributed by atoms with Gasteiger partial charge in [-0.3, -0.25) is 19.8 Å². The summed E-state index contributed by atoms with van der Waals surface area (Å²) in [4.78, 5) is 23.8. The van der Waals surface area contributed by atoms with Gasteiger partial charge in [-0.25, -0.2) is 0 Å². The van der Waals surface area contributed by atoms with Crippen LogP contribution >= 0.6 is 15.9 Å². The Morgan fingerprint density at radius 1 is 1.42 bits per heavy atom. The van der Waals surface area contributed by atoms with Crippen LogP contribution in [0.5, 0.6) is 0 Å². The number of rotatable bonds is 3. The molecule has 1 saturated heterocycles. The Hall–Kier alpha value is -1.47. The molecule has 1 aliphatic rings. The number of nitrogens with zero attached hydrogens (tertiary/aromatic N) is 2. The van der Waals surface area contributed by atoms with E-state index in [0.29, 0.717) is 30.5 Å². The van der Waals surface area contributed by atoms with Crippen LogP contribution in [0.1, 0.15) is 12.0 Å². The molecule has 0 bridgehead atoms. The van der Waals surface area contributed by atoms with E-state index in [-0.39, 0.29) is 11.6 Å². The monoisotopic (exact) mass is 327 g/mol. The van der Waals surface area contributed by atoms with Gasteiger partial charge in [-0.2, -0.15) is 0 Å². The minimum absolute atomic E-state index is 0.0561. The molecule has 1 aromatic rings. The van der Waals surface area contributed by atoms with Crippen LogP contribution < -0.4 is 5.32 Å². The number of hydrogen-bond donors (Lipinski definition) is 1. The molecule has 102 valence electrons. The Labute approximate surface area is 119 Å². The maximum atomic E-state index is 11.3. The van der Waals surface area contributed by atoms with Gasteiger partial charge in [0, 0.05) is 38.7 Å². The van der Waals surface area contributed by atoms with E-state index < -0.39 is 4.92 Å². The quantitative estimate of drug-likeness (QED) is 0.677. The summed E-state index contributed by atoms with van der Waals surface area (Å²) < 4.78 is 0.517. The lowest BCUT2D eigenvalue weighted by molar-refractivity contribution is -0.385. The average Bonchev–Trinajstić information content (AvgIpc) is 2.57. The van der Waals surface area contributed by atoms with Gasteiger partial charge in [-0.15, -0.1) is 0 Å². The fourth-order valence-electron chi connectivity index (χ4n) is 2.04. The van der Waals surface area contributed by atoms with Gasteiger partial charge >= 0.3 is 0 Å². The average molecular weight is 328 g/mol. The molecule has 0 atom stereocenters. The van der Waals surface area contributed by atoms with Gasteiger partial charge in [-0.1, -0.05) is 12.1 Å². The van der Waals surface area contributed by atoms with Crippen LogP contribution in [-0.4, -0.2) is 35.4 Å². The van der Waals surface area contributed by atoms with E-state index >= 15 is 0 Å². The summed E-state index contributed by atoms with van der Waals surface area (Å²) >= 11 is 3.29. The van der Waals surface area contributed by atoms with Crippen molar-refractivity contribution >= 4 is 27.5 Å². The van der Waals surface area contributed by atoms with Crippen molar-refractivity contribution in [2.75, 3.05) is 19.6 Å². The molecule has 1 heterocycles. The van der Waals surface area contributed by atoms with Crippen LogP contribution in [0.2, 0.25) is 0 Å². The normalized spacial score (nSPS) is 16.8. The Balaban J connectivity index is 2.12. The minimum Gasteiger partial charge on any atom is -0.355 e. The van der Waals surface area contributed by atoms with Crippen molar-refractivity contribution < 1.29 is 9.72 Å². The first-order chi connectivity index (χ1) is 9.08.